The van der Waals surface area contributed by atoms with E-state index in [4.69, 9.17) is 18.0 Å². The molecule has 0 aliphatic carbocycles. The zero-order valence-corrected chi connectivity index (χ0v) is 13.9. The van der Waals surface area contributed by atoms with Crippen molar-refractivity contribution in [3.8, 4) is 0 Å². The van der Waals surface area contributed by atoms with Crippen LogP contribution in [0.3, 0.4) is 0 Å². The lowest BCUT2D eigenvalue weighted by Gasteiger charge is -2.30. The van der Waals surface area contributed by atoms with Gasteiger partial charge in [-0.05, 0) is 26.0 Å². The SMILES string of the molecule is C=CC1=C(/C=C\C)N(CS/C(N)=N\C)[C@@H](C)CC(=S)N1. The topological polar surface area (TPSA) is 53.6 Å². The highest BCUT2D eigenvalue weighted by Gasteiger charge is 2.23. The summed E-state index contributed by atoms with van der Waals surface area (Å²) in [4.78, 5) is 7.08. The summed E-state index contributed by atoms with van der Waals surface area (Å²) in [5.74, 6) is 0.728. The highest BCUT2D eigenvalue weighted by atomic mass is 32.2. The summed E-state index contributed by atoms with van der Waals surface area (Å²) in [7, 11) is 1.70. The van der Waals surface area contributed by atoms with Crippen LogP contribution in [0.1, 0.15) is 20.3 Å². The summed E-state index contributed by atoms with van der Waals surface area (Å²) in [6.45, 7) is 8.02. The molecule has 1 heterocycles. The number of nitrogens with two attached hydrogens (primary N) is 1. The second kappa shape index (κ2) is 8.11. The molecule has 3 N–H and O–H groups in total. The molecule has 0 unspecified atom stereocenters. The Labute approximate surface area is 130 Å². The van der Waals surface area contributed by atoms with E-state index in [0.717, 1.165) is 28.7 Å². The van der Waals surface area contributed by atoms with Gasteiger partial charge in [-0.25, -0.2) is 0 Å². The molecule has 4 nitrogen and oxygen atoms in total. The van der Waals surface area contributed by atoms with Gasteiger partial charge in [0.15, 0.2) is 5.17 Å². The van der Waals surface area contributed by atoms with Crippen molar-refractivity contribution in [1.29, 1.82) is 0 Å². The Bertz CT molecular complexity index is 466. The first-order valence-electron chi connectivity index (χ1n) is 6.44. The van der Waals surface area contributed by atoms with Gasteiger partial charge >= 0.3 is 0 Å². The fourth-order valence-corrected chi connectivity index (χ4v) is 3.08. The van der Waals surface area contributed by atoms with Crippen molar-refractivity contribution in [2.45, 2.75) is 26.3 Å². The molecule has 6 heteroatoms. The lowest BCUT2D eigenvalue weighted by Crippen LogP contribution is -2.33. The van der Waals surface area contributed by atoms with E-state index in [1.807, 2.05) is 13.0 Å². The molecule has 0 saturated heterocycles. The van der Waals surface area contributed by atoms with Gasteiger partial charge in [0.25, 0.3) is 0 Å². The number of hydrogen-bond acceptors (Lipinski definition) is 4. The second-order valence-corrected chi connectivity index (χ2v) is 5.87. The third kappa shape index (κ3) is 4.38. The molecule has 0 spiro atoms. The van der Waals surface area contributed by atoms with E-state index in [-0.39, 0.29) is 6.04 Å². The van der Waals surface area contributed by atoms with E-state index in [1.165, 1.54) is 11.8 Å². The lowest BCUT2D eigenvalue weighted by molar-refractivity contribution is 0.330. The average Bonchev–Trinajstić information content (AvgIpc) is 2.53. The molecule has 0 aromatic carbocycles. The standard InChI is InChI=1S/C14H22N4S2/c1-5-7-12-11(6-2)17-13(19)8-10(3)18(12)9-20-14(15)16-4/h5-7,10H,2,8-9H2,1,3-4H3,(H2,15,16)(H,17,19)/b7-5-/t10-/m0/s1. The van der Waals surface area contributed by atoms with Crippen LogP contribution in [0, 0.1) is 0 Å². The molecular weight excluding hydrogens is 288 g/mol. The summed E-state index contributed by atoms with van der Waals surface area (Å²) in [6.07, 6.45) is 6.68. The Morgan fingerprint density at radius 1 is 1.70 bits per heavy atom. The third-order valence-electron chi connectivity index (χ3n) is 2.97. The van der Waals surface area contributed by atoms with Crippen LogP contribution in [0.4, 0.5) is 0 Å². The van der Waals surface area contributed by atoms with Gasteiger partial charge in [0.1, 0.15) is 0 Å². The number of hydrogen-bond donors (Lipinski definition) is 2. The van der Waals surface area contributed by atoms with Crippen LogP contribution < -0.4 is 11.1 Å². The fourth-order valence-electron chi connectivity index (χ4n) is 1.93. The Morgan fingerprint density at radius 2 is 2.40 bits per heavy atom. The molecule has 1 aliphatic rings. The first kappa shape index (κ1) is 16.8. The summed E-state index contributed by atoms with van der Waals surface area (Å²) in [6, 6.07) is 0.288. The highest BCUT2D eigenvalue weighted by Crippen LogP contribution is 2.23. The van der Waals surface area contributed by atoms with Crippen molar-refractivity contribution in [3.63, 3.8) is 0 Å². The molecule has 0 saturated carbocycles. The predicted molar refractivity (Wildman–Crippen MR) is 93.7 cm³/mol. The number of allylic oxidation sites excluding steroid dienone is 3. The quantitative estimate of drug-likeness (QED) is 0.475. The van der Waals surface area contributed by atoms with Crippen LogP contribution in [0.15, 0.2) is 41.2 Å². The van der Waals surface area contributed by atoms with Gasteiger partial charge in [0, 0.05) is 19.5 Å². The number of nitrogens with zero attached hydrogens (tertiary/aromatic N) is 2. The number of thiocarbonyl (C=S) groups is 1. The number of nitrogens with one attached hydrogen (secondary N) is 1. The van der Waals surface area contributed by atoms with Gasteiger partial charge < -0.3 is 16.0 Å². The minimum atomic E-state index is 0.288. The minimum absolute atomic E-state index is 0.288. The van der Waals surface area contributed by atoms with Crippen LogP contribution in [0.2, 0.25) is 0 Å². The zero-order chi connectivity index (χ0) is 15.1. The van der Waals surface area contributed by atoms with Crippen molar-refractivity contribution in [3.05, 3.63) is 36.2 Å². The summed E-state index contributed by atoms with van der Waals surface area (Å²) in [5.41, 5.74) is 7.79. The second-order valence-electron chi connectivity index (χ2n) is 4.41. The monoisotopic (exact) mass is 310 g/mol. The molecule has 1 atom stereocenters. The van der Waals surface area contributed by atoms with Gasteiger partial charge in [-0.2, -0.15) is 0 Å². The normalized spacial score (nSPS) is 21.1. The lowest BCUT2D eigenvalue weighted by atomic mass is 10.2. The van der Waals surface area contributed by atoms with Crippen LogP contribution >= 0.6 is 24.0 Å². The van der Waals surface area contributed by atoms with Gasteiger partial charge in [-0.15, -0.1) is 0 Å². The molecule has 0 aromatic rings. The van der Waals surface area contributed by atoms with Gasteiger partial charge in [0.05, 0.1) is 22.3 Å². The third-order valence-corrected chi connectivity index (χ3v) is 4.13. The highest BCUT2D eigenvalue weighted by molar-refractivity contribution is 8.13. The Morgan fingerprint density at radius 3 is 2.95 bits per heavy atom. The first-order chi connectivity index (χ1) is 9.53. The molecule has 0 radical (unpaired) electrons. The molecule has 0 fully saturated rings. The predicted octanol–water partition coefficient (Wildman–Crippen LogP) is 2.61. The molecule has 1 rings (SSSR count). The maximum absolute atomic E-state index is 5.78. The van der Waals surface area contributed by atoms with Crippen LogP contribution in [-0.4, -0.2) is 34.0 Å². The maximum atomic E-state index is 5.78. The summed E-state index contributed by atoms with van der Waals surface area (Å²) in [5, 5.41) is 3.84. The Hall–Kier alpha value is -1.27. The van der Waals surface area contributed by atoms with Crippen molar-refractivity contribution in [2.75, 3.05) is 12.9 Å². The van der Waals surface area contributed by atoms with E-state index in [0.29, 0.717) is 5.17 Å². The van der Waals surface area contributed by atoms with Crippen LogP contribution in [0.25, 0.3) is 0 Å². The van der Waals surface area contributed by atoms with Crippen LogP contribution in [-0.2, 0) is 0 Å². The zero-order valence-electron chi connectivity index (χ0n) is 12.2. The molecule has 110 valence electrons. The fraction of sp³-hybridized carbons (Fsp3) is 0.429. The minimum Gasteiger partial charge on any atom is -0.378 e. The molecule has 0 bridgehead atoms. The summed E-state index contributed by atoms with van der Waals surface area (Å²) >= 11 is 6.88. The van der Waals surface area contributed by atoms with E-state index in [1.54, 1.807) is 13.1 Å². The van der Waals surface area contributed by atoms with E-state index >= 15 is 0 Å². The van der Waals surface area contributed by atoms with Gasteiger partial charge in [0.2, 0.25) is 0 Å². The molecule has 20 heavy (non-hydrogen) atoms. The number of rotatable bonds is 4. The van der Waals surface area contributed by atoms with Gasteiger partial charge in [-0.3, -0.25) is 4.99 Å². The molecular formula is C14H22N4S2. The van der Waals surface area contributed by atoms with E-state index in [9.17, 15) is 0 Å². The van der Waals surface area contributed by atoms with E-state index in [2.05, 4.69) is 34.8 Å². The van der Waals surface area contributed by atoms with Crippen molar-refractivity contribution in [2.24, 2.45) is 10.7 Å². The molecule has 0 aromatic heterocycles. The average molecular weight is 310 g/mol. The molecule has 0 amide bonds. The van der Waals surface area contributed by atoms with Crippen molar-refractivity contribution < 1.29 is 0 Å². The number of amidine groups is 1. The number of thioether (sulfide) groups is 1. The van der Waals surface area contributed by atoms with Crippen LogP contribution in [0.5, 0.6) is 0 Å². The summed E-state index contributed by atoms with van der Waals surface area (Å²) < 4.78 is 0. The van der Waals surface area contributed by atoms with Crippen molar-refractivity contribution in [1.82, 2.24) is 10.2 Å². The first-order valence-corrected chi connectivity index (χ1v) is 7.83. The van der Waals surface area contributed by atoms with E-state index < -0.39 is 0 Å². The Balaban J connectivity index is 3.11. The maximum Gasteiger partial charge on any atom is 0.155 e. The van der Waals surface area contributed by atoms with Crippen molar-refractivity contribution >= 4 is 34.1 Å². The Kier molecular flexibility index (Phi) is 6.81. The molecule has 1 aliphatic heterocycles. The smallest absolute Gasteiger partial charge is 0.155 e. The largest absolute Gasteiger partial charge is 0.378 e. The van der Waals surface area contributed by atoms with Gasteiger partial charge in [-0.1, -0.05) is 36.6 Å². The number of aliphatic imine (C=N–C) groups is 1.